The fourth-order valence-electron chi connectivity index (χ4n) is 6.48. The third kappa shape index (κ3) is 18.5. The van der Waals surface area contributed by atoms with E-state index in [0.29, 0.717) is 6.26 Å². The van der Waals surface area contributed by atoms with Gasteiger partial charge in [-0.15, -0.1) is 0 Å². The third-order valence-electron chi connectivity index (χ3n) is 8.92. The van der Waals surface area contributed by atoms with Gasteiger partial charge in [0.1, 0.15) is 85.0 Å². The topological polar surface area (TPSA) is 515 Å². The molecule has 6 unspecified atom stereocenters. The van der Waals surface area contributed by atoms with Gasteiger partial charge < -0.3 is 78.3 Å². The molecule has 3 aliphatic rings. The summed E-state index contributed by atoms with van der Waals surface area (Å²) in [5.74, 6) is -6.94. The minimum atomic E-state index is -5.64. The predicted octanol–water partition coefficient (Wildman–Crippen LogP) is -9.41. The molecule has 1 amide bonds. The van der Waals surface area contributed by atoms with E-state index >= 15 is 0 Å². The Morgan fingerprint density at radius 1 is 0.739 bits per heavy atom. The molecule has 0 saturated carbocycles. The molecule has 0 spiro atoms. The number of aldehydes is 2. The molecule has 3 fully saturated rings. The van der Waals surface area contributed by atoms with Crippen LogP contribution in [0.1, 0.15) is 27.7 Å². The molecule has 3 aliphatic heterocycles. The highest BCUT2D eigenvalue weighted by Gasteiger charge is 2.57. The second-order valence-corrected chi connectivity index (χ2v) is 20.4. The van der Waals surface area contributed by atoms with Crippen LogP contribution in [0.2, 0.25) is 0 Å². The lowest BCUT2D eigenvalue weighted by molar-refractivity contribution is -0.381. The summed E-state index contributed by atoms with van der Waals surface area (Å²) >= 11 is 0. The molecular weight excluding hydrogens is 1040 g/mol. The number of aliphatic carboxylic acids is 2. The number of allylic oxidation sites excluding steroid dienone is 1. The highest BCUT2D eigenvalue weighted by molar-refractivity contribution is 7.86. The summed E-state index contributed by atoms with van der Waals surface area (Å²) in [7, 11) is -21.4. The fraction of sp³-hybridized carbons (Fsp3) is 0.774. The molecule has 0 aromatic heterocycles. The van der Waals surface area contributed by atoms with Gasteiger partial charge in [0, 0.05) is 13.0 Å². The zero-order valence-electron chi connectivity index (χ0n) is 35.8. The van der Waals surface area contributed by atoms with Crippen molar-refractivity contribution in [3.63, 3.8) is 0 Å². The molecule has 0 bridgehead atoms. The Labute approximate surface area is 390 Å². The number of rotatable bonds is 24. The summed E-state index contributed by atoms with van der Waals surface area (Å²) in [5, 5.41) is 61.1. The minimum Gasteiger partial charge on any atom is -0.547 e. The van der Waals surface area contributed by atoms with Crippen molar-refractivity contribution < 1.29 is 147 Å². The van der Waals surface area contributed by atoms with Crippen molar-refractivity contribution in [2.45, 2.75) is 132 Å². The van der Waals surface area contributed by atoms with E-state index < -0.39 is 182 Å². The Hall–Kier alpha value is -3.59. The van der Waals surface area contributed by atoms with Crippen LogP contribution in [0.4, 0.5) is 0 Å². The number of carboxylic acid groups (broad SMARTS) is 2. The van der Waals surface area contributed by atoms with Crippen LogP contribution in [0.15, 0.2) is 11.8 Å². The highest BCUT2D eigenvalue weighted by atomic mass is 32.3. The largest absolute Gasteiger partial charge is 0.547 e. The normalized spacial score (nSPS) is 33.4. The molecule has 0 radical (unpaired) electrons. The lowest BCUT2D eigenvalue weighted by Gasteiger charge is -2.50. The number of amides is 1. The van der Waals surface area contributed by atoms with Crippen molar-refractivity contribution in [2.24, 2.45) is 0 Å². The summed E-state index contributed by atoms with van der Waals surface area (Å²) in [6.45, 7) is 2.55. The van der Waals surface area contributed by atoms with Crippen molar-refractivity contribution in [1.82, 2.24) is 10.0 Å². The molecule has 34 nitrogen and oxygen atoms in total. The van der Waals surface area contributed by atoms with Crippen LogP contribution in [-0.2, 0) is 116 Å². The van der Waals surface area contributed by atoms with E-state index in [1.807, 2.05) is 0 Å². The number of ether oxygens (including phenoxy) is 8. The minimum absolute atomic E-state index is 0.166. The molecular formula is C31H46N2O32S4-2. The summed E-state index contributed by atoms with van der Waals surface area (Å²) in [4.78, 5) is 59.1. The van der Waals surface area contributed by atoms with Gasteiger partial charge in [0.05, 0.1) is 31.0 Å². The number of hydrogen-bond acceptors (Lipinski definition) is 29. The Morgan fingerprint density at radius 3 is 1.71 bits per heavy atom. The van der Waals surface area contributed by atoms with Crippen molar-refractivity contribution in [1.29, 1.82) is 0 Å². The molecule has 38 heteroatoms. The second kappa shape index (κ2) is 23.8. The van der Waals surface area contributed by atoms with Gasteiger partial charge in [0.25, 0.3) is 16.4 Å². The van der Waals surface area contributed by atoms with Gasteiger partial charge in [-0.3, -0.25) is 32.2 Å². The number of carbonyl (C=O) groups is 5. The molecule has 16 atom stereocenters. The van der Waals surface area contributed by atoms with E-state index in [4.69, 9.17) is 37.3 Å². The van der Waals surface area contributed by atoms with Crippen LogP contribution in [-0.4, -0.2) is 216 Å². The van der Waals surface area contributed by atoms with Crippen LogP contribution < -0.4 is 20.3 Å². The van der Waals surface area contributed by atoms with Gasteiger partial charge in [-0.05, 0) is 20.8 Å². The maximum absolute atomic E-state index is 12.7. The molecule has 3 saturated heterocycles. The first-order valence-electron chi connectivity index (χ1n) is 18.9. The zero-order valence-corrected chi connectivity index (χ0v) is 39.1. The van der Waals surface area contributed by atoms with Crippen LogP contribution >= 0.6 is 0 Å². The smallest absolute Gasteiger partial charge is 0.397 e. The summed E-state index contributed by atoms with van der Waals surface area (Å²) in [5.41, 5.74) is -1.15. The second-order valence-electron chi connectivity index (χ2n) is 15.4. The predicted molar refractivity (Wildman–Crippen MR) is 205 cm³/mol. The highest BCUT2D eigenvalue weighted by Crippen LogP contribution is 2.36. The number of aliphatic hydroxyl groups is 3. The monoisotopic (exact) mass is 1090 g/mol. The number of nitrogens with one attached hydrogen (secondary N) is 2. The Balaban J connectivity index is 2.16. The standard InChI is InChI=1S/C31H48N2O32S4/c1-11(36)32-16-18(37)22(14(10-56-69(52,53)54)59-29(16)64-31(2,3)4)61-30-24(65-66(5,44)45)20(39)23(25(63-30)27(42)43)62-28-17(33-67(46,47)48)19(38)21(13(58-28)9-55-68(49,50)51)60-15(8-35)57-12(6-7-34)26(40)41/h6-8,13-25,28-30,33,37-39H,9-10H2,1-5H3,(H,32,36)(H,40,41)(H,42,43)(H,46,47,48)(H,49,50,51)(H,52,53,54)/p-2/b12-6+/t13?,14?,15-,16?,17?,18+,19+,20-,21+,22+,23-,24?,25?,28-,29-,30+/m0/s1. The van der Waals surface area contributed by atoms with E-state index in [1.165, 1.54) is 25.5 Å². The molecule has 0 aromatic carbocycles. The van der Waals surface area contributed by atoms with Gasteiger partial charge in [0.2, 0.25) is 5.91 Å². The average Bonchev–Trinajstić information content (AvgIpc) is 3.17. The lowest BCUT2D eigenvalue weighted by Crippen LogP contribution is -2.71. The number of carboxylic acids is 2. The number of hydrogen-bond donors (Lipinski definition) is 8. The first kappa shape index (κ1) is 59.7. The number of aliphatic hydroxyl groups excluding tert-OH is 3. The van der Waals surface area contributed by atoms with Crippen LogP contribution in [0.3, 0.4) is 0 Å². The molecule has 3 heterocycles. The van der Waals surface area contributed by atoms with Gasteiger partial charge in [0.15, 0.2) is 31.3 Å². The fourth-order valence-corrected chi connectivity index (χ4v) is 8.29. The molecule has 8 N–H and O–H groups in total. The van der Waals surface area contributed by atoms with Crippen molar-refractivity contribution >= 4 is 71.6 Å². The summed E-state index contributed by atoms with van der Waals surface area (Å²) in [6, 6.07) is -4.34. The lowest BCUT2D eigenvalue weighted by atomic mass is 9.94. The van der Waals surface area contributed by atoms with Crippen LogP contribution in [0.5, 0.6) is 0 Å². The van der Waals surface area contributed by atoms with Gasteiger partial charge in [-0.1, -0.05) is 0 Å². The molecule has 0 aliphatic carbocycles. The van der Waals surface area contributed by atoms with E-state index in [-0.39, 0.29) is 18.6 Å². The Bertz CT molecular complexity index is 2320. The van der Waals surface area contributed by atoms with Crippen molar-refractivity contribution in [3.05, 3.63) is 11.8 Å². The van der Waals surface area contributed by atoms with E-state index in [9.17, 15) is 96.8 Å². The van der Waals surface area contributed by atoms with E-state index in [1.54, 1.807) is 0 Å². The molecule has 3 rings (SSSR count). The molecule has 0 aromatic rings. The Kier molecular flexibility index (Phi) is 20.6. The quantitative estimate of drug-likeness (QED) is 0.0111. The first-order chi connectivity index (χ1) is 31.4. The van der Waals surface area contributed by atoms with Crippen LogP contribution in [0, 0.1) is 0 Å². The average molecular weight is 1090 g/mol. The molecule has 398 valence electrons. The van der Waals surface area contributed by atoms with E-state index in [0.717, 1.165) is 6.92 Å². The summed E-state index contributed by atoms with van der Waals surface area (Å²) in [6.07, 6.45) is -34.8. The first-order valence-corrected chi connectivity index (χ1v) is 24.9. The Morgan fingerprint density at radius 2 is 1.26 bits per heavy atom. The maximum Gasteiger partial charge on any atom is 0.397 e. The van der Waals surface area contributed by atoms with Gasteiger partial charge >= 0.3 is 31.1 Å². The van der Waals surface area contributed by atoms with Crippen molar-refractivity contribution in [2.75, 3.05) is 19.5 Å². The van der Waals surface area contributed by atoms with Gasteiger partial charge in [-0.2, -0.15) is 38.4 Å². The summed E-state index contributed by atoms with van der Waals surface area (Å²) < 4.78 is 182. The third-order valence-corrected chi connectivity index (χ3v) is 10.9. The number of carbonyl (C=O) groups excluding carboxylic acids is 5. The zero-order chi connectivity index (χ0) is 52.8. The van der Waals surface area contributed by atoms with Gasteiger partial charge in [-0.25, -0.2) is 8.37 Å². The van der Waals surface area contributed by atoms with Crippen molar-refractivity contribution in [3.8, 4) is 0 Å². The SMILES string of the molecule is CC(=O)NC1[C@H](OC(C)(C)C)OC(COS(=O)(=O)O)[C@@H](O[C@@H]2OC(C(=O)[O-])[C@@H](O[C@@H]3OC(COS(=O)(=O)O)[C@@H](O[C@@H](C=O)O/C(=C/C=O)C(=O)[O-])[C@H](O)C3NS(=O)(=O)O)[C@H](O)C2OS(C)(=O)=O)[C@@H]1O. The molecule has 69 heavy (non-hydrogen) atoms. The van der Waals surface area contributed by atoms with Crippen LogP contribution in [0.25, 0.3) is 0 Å². The maximum atomic E-state index is 12.7. The van der Waals surface area contributed by atoms with E-state index in [2.05, 4.69) is 18.4 Å².